The number of rotatable bonds is 8. The molecule has 13 rings (SSSR count). The lowest BCUT2D eigenvalue weighted by Gasteiger charge is -2.37. The molecule has 5 fully saturated rings. The van der Waals surface area contributed by atoms with Gasteiger partial charge >= 0.3 is 17.9 Å². The van der Waals surface area contributed by atoms with Gasteiger partial charge in [-0.3, -0.25) is 19.0 Å². The molecule has 7 aromatic rings. The number of hydrogen-bond donors (Lipinski definition) is 5. The molecule has 8 heterocycles. The molecule has 0 spiro atoms. The van der Waals surface area contributed by atoms with Gasteiger partial charge in [0.2, 0.25) is 16.3 Å². The molecule has 3 aromatic carbocycles. The fourth-order valence-corrected chi connectivity index (χ4v) is 11.7. The van der Waals surface area contributed by atoms with Gasteiger partial charge < -0.3 is 59.8 Å². The van der Waals surface area contributed by atoms with Gasteiger partial charge in [0.15, 0.2) is 28.8 Å². The first kappa shape index (κ1) is 55.5. The normalized spacial score (nSPS) is 21.1. The van der Waals surface area contributed by atoms with Gasteiger partial charge in [-0.25, -0.2) is 41.3 Å². The average molecular weight is 1140 g/mol. The summed E-state index contributed by atoms with van der Waals surface area (Å²) >= 11 is 0. The zero-order valence-corrected chi connectivity index (χ0v) is 44.9. The summed E-state index contributed by atoms with van der Waals surface area (Å²) in [6, 6.07) is 6.84. The number of aryl methyl sites for hydroxylation is 1. The van der Waals surface area contributed by atoms with E-state index >= 15 is 4.39 Å². The second-order valence-electron chi connectivity index (χ2n) is 21.9. The lowest BCUT2D eigenvalue weighted by Crippen LogP contribution is -2.49. The number of hydrogen-bond acceptors (Lipinski definition) is 14. The maximum Gasteiger partial charge on any atom is 0.341 e. The predicted molar refractivity (Wildman–Crippen MR) is 294 cm³/mol. The number of nitrogens with one attached hydrogen (secondary N) is 1. The molecule has 6 N–H and O–H groups in total. The first-order valence-electron chi connectivity index (χ1n) is 26.8. The Morgan fingerprint density at radius 3 is 1.96 bits per heavy atom. The number of nitrogens with zero attached hydrogens (tertiary/aromatic N) is 8. The maximum atomic E-state index is 15.1. The molecule has 4 aromatic heterocycles. The smallest absolute Gasteiger partial charge is 0.341 e. The van der Waals surface area contributed by atoms with Crippen LogP contribution in [0.1, 0.15) is 75.4 Å². The van der Waals surface area contributed by atoms with E-state index in [0.29, 0.717) is 73.5 Å². The second kappa shape index (κ2) is 21.2. The number of carboxylic acid groups (broad SMARTS) is 3. The third kappa shape index (κ3) is 9.82. The lowest BCUT2D eigenvalue weighted by molar-refractivity contribution is 0.0683. The molecule has 6 aliphatic rings. The van der Waals surface area contributed by atoms with Crippen molar-refractivity contribution in [1.29, 1.82) is 0 Å². The van der Waals surface area contributed by atoms with Crippen LogP contribution in [0.5, 0.6) is 5.75 Å². The summed E-state index contributed by atoms with van der Waals surface area (Å²) in [6.07, 6.45) is 5.55. The van der Waals surface area contributed by atoms with Crippen LogP contribution in [-0.4, -0.2) is 141 Å². The molecule has 82 heavy (non-hydrogen) atoms. The Hall–Kier alpha value is -8.42. The van der Waals surface area contributed by atoms with Crippen LogP contribution < -0.4 is 46.8 Å². The Kier molecular flexibility index (Phi) is 14.3. The molecule has 20 nitrogen and oxygen atoms in total. The van der Waals surface area contributed by atoms with Crippen molar-refractivity contribution in [3.05, 3.63) is 137 Å². The van der Waals surface area contributed by atoms with Gasteiger partial charge in [-0.1, -0.05) is 0 Å². The minimum atomic E-state index is -1.56. The average Bonchev–Trinajstić information content (AvgIpc) is 4.47. The van der Waals surface area contributed by atoms with Gasteiger partial charge in [-0.2, -0.15) is 0 Å². The number of aromatic carboxylic acids is 3. The first-order valence-corrected chi connectivity index (χ1v) is 26.8. The van der Waals surface area contributed by atoms with Crippen molar-refractivity contribution in [1.82, 2.24) is 28.9 Å². The van der Waals surface area contributed by atoms with E-state index in [4.69, 9.17) is 10.5 Å². The summed E-state index contributed by atoms with van der Waals surface area (Å²) in [7, 11) is 2.02. The molecular formula is C57H57F5N10O10. The van der Waals surface area contributed by atoms with E-state index < -0.39 is 68.8 Å². The number of ether oxygens (including phenoxy) is 1. The summed E-state index contributed by atoms with van der Waals surface area (Å²) in [6.45, 7) is 11.8. The molecule has 2 unspecified atom stereocenters. The monoisotopic (exact) mass is 1140 g/mol. The predicted octanol–water partition coefficient (Wildman–Crippen LogP) is 5.72. The Labute approximate surface area is 462 Å². The quantitative estimate of drug-likeness (QED) is 0.114. The van der Waals surface area contributed by atoms with Crippen molar-refractivity contribution in [2.24, 2.45) is 17.6 Å². The van der Waals surface area contributed by atoms with Crippen molar-refractivity contribution in [2.45, 2.75) is 57.8 Å². The van der Waals surface area contributed by atoms with Gasteiger partial charge in [-0.15, -0.1) is 0 Å². The number of halogens is 5. The van der Waals surface area contributed by atoms with Gasteiger partial charge in [0.25, 0.3) is 0 Å². The first-order chi connectivity index (χ1) is 39.0. The molecular weight excluding hydrogens is 1080 g/mol. The molecule has 3 saturated heterocycles. The van der Waals surface area contributed by atoms with Crippen molar-refractivity contribution < 1.29 is 56.4 Å². The summed E-state index contributed by atoms with van der Waals surface area (Å²) in [5.41, 5.74) is 4.15. The third-order valence-electron chi connectivity index (χ3n) is 16.4. The number of nitrogens with two attached hydrogens (primary N) is 1. The summed E-state index contributed by atoms with van der Waals surface area (Å²) < 4.78 is 83.2. The minimum Gasteiger partial charge on any atom is -0.487 e. The van der Waals surface area contributed by atoms with Crippen LogP contribution in [0, 0.1) is 47.8 Å². The summed E-state index contributed by atoms with van der Waals surface area (Å²) in [5.74, 6) is -6.95. The van der Waals surface area contributed by atoms with Crippen LogP contribution in [0.15, 0.2) is 69.4 Å². The van der Waals surface area contributed by atoms with Crippen LogP contribution >= 0.6 is 0 Å². The zero-order valence-electron chi connectivity index (χ0n) is 44.9. The molecule has 4 aliphatic heterocycles. The Morgan fingerprint density at radius 1 is 0.707 bits per heavy atom. The van der Waals surface area contributed by atoms with Crippen LogP contribution in [0.25, 0.3) is 38.5 Å². The highest BCUT2D eigenvalue weighted by molar-refractivity contribution is 5.98. The van der Waals surface area contributed by atoms with Crippen LogP contribution in [0.4, 0.5) is 39.1 Å². The molecule has 0 radical (unpaired) electrons. The third-order valence-corrected chi connectivity index (χ3v) is 16.4. The fraction of sp³-hybridized carbons (Fsp3) is 0.386. The minimum absolute atomic E-state index is 0.0272. The van der Waals surface area contributed by atoms with E-state index in [2.05, 4.69) is 22.1 Å². The number of aromatic nitrogens is 4. The van der Waals surface area contributed by atoms with E-state index in [9.17, 15) is 61.6 Å². The van der Waals surface area contributed by atoms with Gasteiger partial charge in [0.05, 0.1) is 44.6 Å². The number of piperazine rings is 2. The summed E-state index contributed by atoms with van der Waals surface area (Å²) in [4.78, 5) is 84.3. The second-order valence-corrected chi connectivity index (χ2v) is 21.9. The van der Waals surface area contributed by atoms with Gasteiger partial charge in [0, 0.05) is 107 Å². The van der Waals surface area contributed by atoms with Crippen LogP contribution in [-0.2, 0) is 0 Å². The fourth-order valence-electron chi connectivity index (χ4n) is 11.7. The number of piperidine rings is 1. The number of likely N-dealkylation sites (N-methyl/N-ethyl adjacent to an activating group) is 1. The zero-order chi connectivity index (χ0) is 58.5. The SMILES string of the molecule is CC1COc2c(N3CCN(C)CC3)c(F)cc3c(=O)c(C(=O)O)cn1c23.Cc1c(F)c(N2CCNC(C)C2)cc2c1c(=O)c(C(=O)O)cn2C1CC1.N[C@@H]1[C@H]2CN(c3nc4c(cc3F)c(=O)c(C(=O)O)cn4-c3ccc(F)cc3F)C[C@@H]12. The highest BCUT2D eigenvalue weighted by atomic mass is 19.1. The Balaban J connectivity index is 0.000000130. The lowest BCUT2D eigenvalue weighted by atomic mass is 10.0. The number of benzene rings is 3. The van der Waals surface area contributed by atoms with E-state index in [1.54, 1.807) is 22.5 Å². The molecule has 25 heteroatoms. The van der Waals surface area contributed by atoms with Crippen molar-refractivity contribution in [2.75, 3.05) is 87.3 Å². The molecule has 2 saturated carbocycles. The van der Waals surface area contributed by atoms with E-state index in [1.807, 2.05) is 28.3 Å². The van der Waals surface area contributed by atoms with Gasteiger partial charge in [0.1, 0.15) is 46.4 Å². The van der Waals surface area contributed by atoms with Gasteiger partial charge in [-0.05, 0) is 82.8 Å². The van der Waals surface area contributed by atoms with E-state index in [0.717, 1.165) is 67.5 Å². The number of carboxylic acids is 3. The highest BCUT2D eigenvalue weighted by Crippen LogP contribution is 2.46. The summed E-state index contributed by atoms with van der Waals surface area (Å²) in [5, 5.41) is 31.3. The molecule has 2 aliphatic carbocycles. The van der Waals surface area contributed by atoms with Crippen molar-refractivity contribution in [3.63, 3.8) is 0 Å². The molecule has 0 amide bonds. The van der Waals surface area contributed by atoms with E-state index in [-0.39, 0.29) is 92.6 Å². The van der Waals surface area contributed by atoms with E-state index in [1.165, 1.54) is 12.4 Å². The Bertz CT molecular complexity index is 4020. The topological polar surface area (TPSA) is 251 Å². The molecule has 5 atom stereocenters. The standard InChI is InChI=1S/C20H15F3N4O3.C19H22FN3O3.C18H20FN3O4/c21-8-1-2-15(13(22)3-8)27-7-12(20(29)30)17(28)9-4-14(23)19(25-18(9)27)26-5-10-11(6-26)16(10)24;1-10-8-22(6-5-21-10)15-7-14-16(11(2)17(15)20)18(24)13(19(25)26)9-23(14)12-3-4-12;1-10-9-26-17-14-11(16(23)12(18(24)25)8-22(10)14)7-13(19)15(17)21-5-3-20(2)4-6-21/h1-4,7,10-11,16H,5-6,24H2,(H,29,30);7,9-10,12,21H,3-6,8H2,1-2H3,(H,25,26);7-8,10H,3-6,9H2,1-2H3,(H,24,25)/t10-,11+,16+;;. The largest absolute Gasteiger partial charge is 0.487 e. The van der Waals surface area contributed by atoms with Crippen molar-refractivity contribution in [3.8, 4) is 11.4 Å². The number of anilines is 3. The van der Waals surface area contributed by atoms with Crippen LogP contribution in [0.2, 0.25) is 0 Å². The highest BCUT2D eigenvalue weighted by Gasteiger charge is 2.54. The van der Waals surface area contributed by atoms with Crippen molar-refractivity contribution >= 4 is 67.9 Å². The number of fused-ring (bicyclic) bond motifs is 3. The molecule has 430 valence electrons. The molecule has 0 bridgehead atoms. The number of carbonyl (C=O) groups is 3. The Morgan fingerprint density at radius 2 is 1.33 bits per heavy atom. The van der Waals surface area contributed by atoms with Crippen LogP contribution in [0.3, 0.4) is 0 Å². The number of pyridine rings is 4. The maximum absolute atomic E-state index is 15.1.